The van der Waals surface area contributed by atoms with E-state index in [4.69, 9.17) is 11.6 Å². The molecule has 0 bridgehead atoms. The second-order valence-electron chi connectivity index (χ2n) is 4.64. The molecule has 4 nitrogen and oxygen atoms in total. The van der Waals surface area contributed by atoms with Crippen LogP contribution < -0.4 is 0 Å². The molecule has 0 atom stereocenters. The van der Waals surface area contributed by atoms with E-state index in [0.717, 1.165) is 25.8 Å². The molecule has 116 valence electrons. The average molecular weight is 408 g/mol. The van der Waals surface area contributed by atoms with Gasteiger partial charge in [-0.3, -0.25) is 0 Å². The Kier molecular flexibility index (Phi) is 5.48. The molecule has 3 aromatic rings. The van der Waals surface area contributed by atoms with Crippen molar-refractivity contribution in [2.45, 2.75) is 10.9 Å². The lowest BCUT2D eigenvalue weighted by atomic mass is 10.2. The number of hydrogen-bond acceptors (Lipinski definition) is 4. The van der Waals surface area contributed by atoms with Crippen LogP contribution in [0.4, 0.5) is 0 Å². The normalized spacial score (nSPS) is 11.2. The highest BCUT2D eigenvalue weighted by Gasteiger charge is 2.06. The van der Waals surface area contributed by atoms with Crippen LogP contribution in [0.25, 0.3) is 0 Å². The maximum Gasteiger partial charge on any atom is 0.212 e. The summed E-state index contributed by atoms with van der Waals surface area (Å²) in [7, 11) is 0. The Labute approximate surface area is 151 Å². The van der Waals surface area contributed by atoms with Crippen molar-refractivity contribution in [2.75, 3.05) is 0 Å². The van der Waals surface area contributed by atoms with Gasteiger partial charge in [0.15, 0.2) is 0 Å². The Morgan fingerprint density at radius 1 is 1.22 bits per heavy atom. The molecule has 0 aliphatic carbocycles. The Morgan fingerprint density at radius 2 is 2.09 bits per heavy atom. The van der Waals surface area contributed by atoms with E-state index in [1.54, 1.807) is 29.0 Å². The molecule has 0 unspecified atom stereocenters. The summed E-state index contributed by atoms with van der Waals surface area (Å²) in [6, 6.07) is 15.7. The summed E-state index contributed by atoms with van der Waals surface area (Å²) in [6.45, 7) is 0. The fraction of sp³-hybridized carbons (Fsp3) is 0.0625. The van der Waals surface area contributed by atoms with Crippen LogP contribution >= 0.6 is 39.3 Å². The molecule has 3 rings (SSSR count). The molecule has 7 heteroatoms. The molecular formula is C16H12BrClN4S. The maximum absolute atomic E-state index is 6.17. The first-order valence-corrected chi connectivity index (χ1v) is 8.94. The molecule has 0 N–H and O–H groups in total. The molecule has 0 radical (unpaired) electrons. The topological polar surface area (TPSA) is 43.1 Å². The first-order valence-electron chi connectivity index (χ1n) is 6.78. The van der Waals surface area contributed by atoms with Gasteiger partial charge < -0.3 is 0 Å². The van der Waals surface area contributed by atoms with Crippen LogP contribution in [0.1, 0.15) is 11.1 Å². The third kappa shape index (κ3) is 4.43. The van der Waals surface area contributed by atoms with Crippen LogP contribution in [-0.4, -0.2) is 21.1 Å². The summed E-state index contributed by atoms with van der Waals surface area (Å²) in [4.78, 5) is 0. The number of aromatic nitrogens is 3. The predicted octanol–water partition coefficient (Wildman–Crippen LogP) is 4.87. The van der Waals surface area contributed by atoms with Gasteiger partial charge in [-0.25, -0.2) is 0 Å². The molecule has 0 amide bonds. The molecule has 0 saturated carbocycles. The highest BCUT2D eigenvalue weighted by Crippen LogP contribution is 2.25. The number of rotatable bonds is 5. The van der Waals surface area contributed by atoms with Gasteiger partial charge in [-0.15, -0.1) is 10.2 Å². The molecule has 2 aromatic carbocycles. The third-order valence-corrected chi connectivity index (χ3v) is 4.84. The SMILES string of the molecule is Clc1ccccc1CSc1nncn1/N=C\c1cccc(Br)c1. The first kappa shape index (κ1) is 16.2. The van der Waals surface area contributed by atoms with Gasteiger partial charge in [0.2, 0.25) is 5.16 Å². The van der Waals surface area contributed by atoms with Crippen molar-refractivity contribution < 1.29 is 0 Å². The lowest BCUT2D eigenvalue weighted by molar-refractivity contribution is 0.767. The lowest BCUT2D eigenvalue weighted by Gasteiger charge is -2.03. The molecule has 0 aliphatic heterocycles. The number of thioether (sulfide) groups is 1. The maximum atomic E-state index is 6.17. The second kappa shape index (κ2) is 7.77. The number of halogens is 2. The molecule has 1 heterocycles. The van der Waals surface area contributed by atoms with Gasteiger partial charge in [-0.2, -0.15) is 9.78 Å². The smallest absolute Gasteiger partial charge is 0.195 e. The summed E-state index contributed by atoms with van der Waals surface area (Å²) >= 11 is 11.2. The summed E-state index contributed by atoms with van der Waals surface area (Å²) in [5.74, 6) is 0.713. The van der Waals surface area contributed by atoms with Crippen molar-refractivity contribution in [3.8, 4) is 0 Å². The first-order chi connectivity index (χ1) is 11.2. The van der Waals surface area contributed by atoms with E-state index in [-0.39, 0.29) is 0 Å². The molecule has 0 spiro atoms. The van der Waals surface area contributed by atoms with Gasteiger partial charge in [-0.1, -0.05) is 69.6 Å². The Hall–Kier alpha value is -1.63. The molecule has 1 aromatic heterocycles. The van der Waals surface area contributed by atoms with E-state index in [2.05, 4.69) is 31.2 Å². The third-order valence-electron chi connectivity index (χ3n) is 2.99. The van der Waals surface area contributed by atoms with Crippen LogP contribution in [0.5, 0.6) is 0 Å². The summed E-state index contributed by atoms with van der Waals surface area (Å²) in [6.07, 6.45) is 3.36. The summed E-state index contributed by atoms with van der Waals surface area (Å²) in [5, 5.41) is 13.9. The van der Waals surface area contributed by atoms with Gasteiger partial charge in [0.25, 0.3) is 0 Å². The lowest BCUT2D eigenvalue weighted by Crippen LogP contribution is -1.93. The largest absolute Gasteiger partial charge is 0.212 e. The minimum absolute atomic E-state index is 0.713. The van der Waals surface area contributed by atoms with E-state index in [1.165, 1.54) is 0 Å². The van der Waals surface area contributed by atoms with Gasteiger partial charge >= 0.3 is 0 Å². The van der Waals surface area contributed by atoms with E-state index in [0.29, 0.717) is 5.75 Å². The fourth-order valence-corrected chi connectivity index (χ4v) is 3.43. The standard InChI is InChI=1S/C16H12BrClN4S/c17-14-6-3-4-12(8-14)9-20-22-11-19-21-16(22)23-10-13-5-1-2-7-15(13)18/h1-9,11H,10H2/b20-9-. The zero-order valence-corrected chi connectivity index (χ0v) is 15.1. The van der Waals surface area contributed by atoms with E-state index < -0.39 is 0 Å². The molecule has 0 saturated heterocycles. The average Bonchev–Trinajstić information content (AvgIpc) is 3.00. The minimum Gasteiger partial charge on any atom is -0.195 e. The zero-order chi connectivity index (χ0) is 16.1. The number of nitrogens with zero attached hydrogens (tertiary/aromatic N) is 4. The highest BCUT2D eigenvalue weighted by atomic mass is 79.9. The van der Waals surface area contributed by atoms with E-state index in [1.807, 2.05) is 48.5 Å². The summed E-state index contributed by atoms with van der Waals surface area (Å²) < 4.78 is 2.67. The molecular weight excluding hydrogens is 396 g/mol. The fourth-order valence-electron chi connectivity index (χ4n) is 1.87. The Bertz CT molecular complexity index is 834. The van der Waals surface area contributed by atoms with E-state index >= 15 is 0 Å². The van der Waals surface area contributed by atoms with Gasteiger partial charge in [0.05, 0.1) is 6.21 Å². The van der Waals surface area contributed by atoms with Crippen LogP contribution in [0, 0.1) is 0 Å². The summed E-state index contributed by atoms with van der Waals surface area (Å²) in [5.41, 5.74) is 2.06. The van der Waals surface area contributed by atoms with Crippen LogP contribution in [0.2, 0.25) is 5.02 Å². The van der Waals surface area contributed by atoms with Crippen LogP contribution in [0.3, 0.4) is 0 Å². The molecule has 23 heavy (non-hydrogen) atoms. The van der Waals surface area contributed by atoms with Crippen LogP contribution in [0.15, 0.2) is 69.6 Å². The monoisotopic (exact) mass is 406 g/mol. The quantitative estimate of drug-likeness (QED) is 0.448. The Morgan fingerprint density at radius 3 is 2.91 bits per heavy atom. The molecule has 0 fully saturated rings. The van der Waals surface area contributed by atoms with Crippen molar-refractivity contribution in [3.05, 3.63) is 75.5 Å². The van der Waals surface area contributed by atoms with Crippen molar-refractivity contribution in [1.29, 1.82) is 0 Å². The van der Waals surface area contributed by atoms with Gasteiger partial charge in [0.1, 0.15) is 6.33 Å². The van der Waals surface area contributed by atoms with Gasteiger partial charge in [0, 0.05) is 15.2 Å². The van der Waals surface area contributed by atoms with Crippen molar-refractivity contribution >= 4 is 45.5 Å². The zero-order valence-electron chi connectivity index (χ0n) is 11.9. The minimum atomic E-state index is 0.713. The van der Waals surface area contributed by atoms with Crippen molar-refractivity contribution in [3.63, 3.8) is 0 Å². The predicted molar refractivity (Wildman–Crippen MR) is 98.2 cm³/mol. The number of benzene rings is 2. The van der Waals surface area contributed by atoms with Gasteiger partial charge in [-0.05, 0) is 29.3 Å². The highest BCUT2D eigenvalue weighted by molar-refractivity contribution is 9.10. The Balaban J connectivity index is 1.71. The molecule has 0 aliphatic rings. The van der Waals surface area contributed by atoms with Crippen molar-refractivity contribution in [1.82, 2.24) is 14.9 Å². The second-order valence-corrected chi connectivity index (χ2v) is 6.90. The van der Waals surface area contributed by atoms with E-state index in [9.17, 15) is 0 Å². The number of hydrogen-bond donors (Lipinski definition) is 0. The van der Waals surface area contributed by atoms with Crippen LogP contribution in [-0.2, 0) is 5.75 Å². The van der Waals surface area contributed by atoms with Crippen molar-refractivity contribution in [2.24, 2.45) is 5.10 Å².